The Hall–Kier alpha value is -0.860. The molecule has 0 spiro atoms. The lowest BCUT2D eigenvalue weighted by Gasteiger charge is -2.43. The molecule has 0 amide bonds. The Balaban J connectivity index is 2.47. The maximum absolute atomic E-state index is 6.47. The summed E-state index contributed by atoms with van der Waals surface area (Å²) in [6, 6.07) is 5.78. The van der Waals surface area contributed by atoms with Gasteiger partial charge in [-0.1, -0.05) is 17.7 Å². The van der Waals surface area contributed by atoms with Crippen molar-refractivity contribution < 1.29 is 0 Å². The Bertz CT molecular complexity index is 428. The van der Waals surface area contributed by atoms with Gasteiger partial charge >= 0.3 is 0 Å². The second-order valence-corrected chi connectivity index (χ2v) is 6.39. The van der Waals surface area contributed by atoms with Crippen molar-refractivity contribution >= 4 is 0 Å². The standard InChI is InChI=1S/C17H28N2/c1-11(2)19-8-6-7-15(18)17(19)16-13(4)9-12(3)10-14(16)5/h9-11,15,17H,6-8,18H2,1-5H3. The highest BCUT2D eigenvalue weighted by Gasteiger charge is 2.33. The number of piperidine rings is 1. The number of nitrogens with zero attached hydrogens (tertiary/aromatic N) is 1. The molecule has 1 aromatic carbocycles. The van der Waals surface area contributed by atoms with Gasteiger partial charge in [0.2, 0.25) is 0 Å². The summed E-state index contributed by atoms with van der Waals surface area (Å²) in [5.41, 5.74) is 12.1. The van der Waals surface area contributed by atoms with E-state index in [1.165, 1.54) is 35.2 Å². The summed E-state index contributed by atoms with van der Waals surface area (Å²) in [6.45, 7) is 12.4. The third kappa shape index (κ3) is 2.85. The molecule has 2 N–H and O–H groups in total. The number of hydrogen-bond donors (Lipinski definition) is 1. The summed E-state index contributed by atoms with van der Waals surface area (Å²) in [4.78, 5) is 2.58. The molecule has 2 atom stereocenters. The first kappa shape index (κ1) is 14.5. The molecule has 1 aliphatic rings. The van der Waals surface area contributed by atoms with E-state index in [4.69, 9.17) is 5.73 Å². The summed E-state index contributed by atoms with van der Waals surface area (Å²) in [5.74, 6) is 0. The molecule has 0 radical (unpaired) electrons. The van der Waals surface area contributed by atoms with Gasteiger partial charge in [0, 0.05) is 12.1 Å². The number of likely N-dealkylation sites (tertiary alicyclic amines) is 1. The van der Waals surface area contributed by atoms with Crippen LogP contribution in [0.2, 0.25) is 0 Å². The van der Waals surface area contributed by atoms with Gasteiger partial charge < -0.3 is 5.73 Å². The van der Waals surface area contributed by atoms with E-state index >= 15 is 0 Å². The van der Waals surface area contributed by atoms with Crippen LogP contribution < -0.4 is 5.73 Å². The van der Waals surface area contributed by atoms with E-state index in [2.05, 4.69) is 51.7 Å². The van der Waals surface area contributed by atoms with Gasteiger partial charge in [0.05, 0.1) is 6.04 Å². The largest absolute Gasteiger partial charge is 0.326 e. The predicted octanol–water partition coefficient (Wildman–Crippen LogP) is 3.48. The fourth-order valence-electron chi connectivity index (χ4n) is 3.67. The lowest BCUT2D eigenvalue weighted by molar-refractivity contribution is 0.0939. The molecule has 0 saturated carbocycles. The monoisotopic (exact) mass is 260 g/mol. The Morgan fingerprint density at radius 3 is 2.26 bits per heavy atom. The topological polar surface area (TPSA) is 29.3 Å². The number of hydrogen-bond acceptors (Lipinski definition) is 2. The Kier molecular flexibility index (Phi) is 4.32. The molecule has 2 unspecified atom stereocenters. The van der Waals surface area contributed by atoms with E-state index in [0.717, 1.165) is 6.42 Å². The highest BCUT2D eigenvalue weighted by atomic mass is 15.2. The zero-order valence-electron chi connectivity index (χ0n) is 13.0. The lowest BCUT2D eigenvalue weighted by atomic mass is 9.84. The number of rotatable bonds is 2. The van der Waals surface area contributed by atoms with Crippen LogP contribution in [0.1, 0.15) is 55.0 Å². The SMILES string of the molecule is Cc1cc(C)c(C2C(N)CCCN2C(C)C)c(C)c1. The smallest absolute Gasteiger partial charge is 0.0507 e. The Morgan fingerprint density at radius 2 is 1.74 bits per heavy atom. The van der Waals surface area contributed by atoms with Crippen LogP contribution in [0.25, 0.3) is 0 Å². The molecule has 0 aliphatic carbocycles. The van der Waals surface area contributed by atoms with Crippen LogP contribution in [0.3, 0.4) is 0 Å². The molecule has 2 heteroatoms. The molecule has 1 aliphatic heterocycles. The summed E-state index contributed by atoms with van der Waals surface area (Å²) >= 11 is 0. The van der Waals surface area contributed by atoms with Gasteiger partial charge in [-0.3, -0.25) is 4.90 Å². The molecule has 2 rings (SSSR count). The van der Waals surface area contributed by atoms with Crippen LogP contribution in [0, 0.1) is 20.8 Å². The Labute approximate surface area is 118 Å². The first-order valence-electron chi connectivity index (χ1n) is 7.51. The van der Waals surface area contributed by atoms with Gasteiger partial charge in [0.15, 0.2) is 0 Å². The van der Waals surface area contributed by atoms with Gasteiger partial charge in [-0.25, -0.2) is 0 Å². The molecule has 106 valence electrons. The molecule has 1 aromatic rings. The second kappa shape index (κ2) is 5.64. The third-order valence-electron chi connectivity index (χ3n) is 4.41. The molecule has 2 nitrogen and oxygen atoms in total. The maximum atomic E-state index is 6.47. The van der Waals surface area contributed by atoms with Crippen molar-refractivity contribution in [1.29, 1.82) is 0 Å². The fourth-order valence-corrected chi connectivity index (χ4v) is 3.67. The van der Waals surface area contributed by atoms with Crippen LogP contribution in [-0.4, -0.2) is 23.5 Å². The van der Waals surface area contributed by atoms with Crippen LogP contribution in [-0.2, 0) is 0 Å². The number of nitrogens with two attached hydrogens (primary N) is 1. The van der Waals surface area contributed by atoms with Crippen molar-refractivity contribution in [2.45, 2.75) is 65.6 Å². The lowest BCUT2D eigenvalue weighted by Crippen LogP contribution is -2.49. The van der Waals surface area contributed by atoms with Crippen molar-refractivity contribution in [2.75, 3.05) is 6.54 Å². The first-order valence-corrected chi connectivity index (χ1v) is 7.51. The van der Waals surface area contributed by atoms with E-state index in [0.29, 0.717) is 12.1 Å². The fraction of sp³-hybridized carbons (Fsp3) is 0.647. The Morgan fingerprint density at radius 1 is 1.16 bits per heavy atom. The molecular formula is C17H28N2. The molecule has 0 bridgehead atoms. The molecule has 19 heavy (non-hydrogen) atoms. The second-order valence-electron chi connectivity index (χ2n) is 6.39. The highest BCUT2D eigenvalue weighted by Crippen LogP contribution is 2.35. The molecule has 1 heterocycles. The minimum absolute atomic E-state index is 0.260. The van der Waals surface area contributed by atoms with Gasteiger partial charge in [-0.05, 0) is 70.7 Å². The summed E-state index contributed by atoms with van der Waals surface area (Å²) in [5, 5.41) is 0. The molecule has 1 fully saturated rings. The van der Waals surface area contributed by atoms with Crippen molar-refractivity contribution in [2.24, 2.45) is 5.73 Å². The van der Waals surface area contributed by atoms with Crippen molar-refractivity contribution in [3.05, 3.63) is 34.4 Å². The van der Waals surface area contributed by atoms with Crippen molar-refractivity contribution in [1.82, 2.24) is 4.90 Å². The van der Waals surface area contributed by atoms with Crippen molar-refractivity contribution in [3.8, 4) is 0 Å². The van der Waals surface area contributed by atoms with Crippen LogP contribution >= 0.6 is 0 Å². The third-order valence-corrected chi connectivity index (χ3v) is 4.41. The average Bonchev–Trinajstić information content (AvgIpc) is 2.29. The van der Waals surface area contributed by atoms with E-state index in [9.17, 15) is 0 Å². The van der Waals surface area contributed by atoms with E-state index in [1.807, 2.05) is 0 Å². The van der Waals surface area contributed by atoms with Crippen molar-refractivity contribution in [3.63, 3.8) is 0 Å². The summed E-state index contributed by atoms with van der Waals surface area (Å²) < 4.78 is 0. The predicted molar refractivity (Wildman–Crippen MR) is 82.4 cm³/mol. The highest BCUT2D eigenvalue weighted by molar-refractivity contribution is 5.40. The number of benzene rings is 1. The van der Waals surface area contributed by atoms with Crippen LogP contribution in [0.5, 0.6) is 0 Å². The molecule has 1 saturated heterocycles. The minimum atomic E-state index is 0.260. The molecule has 0 aromatic heterocycles. The zero-order valence-corrected chi connectivity index (χ0v) is 13.0. The summed E-state index contributed by atoms with van der Waals surface area (Å²) in [6.07, 6.45) is 2.36. The van der Waals surface area contributed by atoms with Crippen LogP contribution in [0.4, 0.5) is 0 Å². The first-order chi connectivity index (χ1) is 8.91. The van der Waals surface area contributed by atoms with Crippen LogP contribution in [0.15, 0.2) is 12.1 Å². The minimum Gasteiger partial charge on any atom is -0.326 e. The van der Waals surface area contributed by atoms with Gasteiger partial charge in [0.25, 0.3) is 0 Å². The van der Waals surface area contributed by atoms with Gasteiger partial charge in [-0.2, -0.15) is 0 Å². The molecular weight excluding hydrogens is 232 g/mol. The van der Waals surface area contributed by atoms with Gasteiger partial charge in [0.1, 0.15) is 0 Å². The normalized spacial score (nSPS) is 25.0. The van der Waals surface area contributed by atoms with E-state index in [1.54, 1.807) is 0 Å². The zero-order chi connectivity index (χ0) is 14.2. The summed E-state index contributed by atoms with van der Waals surface area (Å²) in [7, 11) is 0. The quantitative estimate of drug-likeness (QED) is 0.882. The average molecular weight is 260 g/mol. The maximum Gasteiger partial charge on any atom is 0.0507 e. The number of aryl methyl sites for hydroxylation is 3. The van der Waals surface area contributed by atoms with E-state index < -0.39 is 0 Å². The van der Waals surface area contributed by atoms with E-state index in [-0.39, 0.29) is 6.04 Å². The van der Waals surface area contributed by atoms with Gasteiger partial charge in [-0.15, -0.1) is 0 Å².